The average molecular weight is 1230 g/mol. The molecule has 0 saturated carbocycles. The Balaban J connectivity index is 0.777. The highest BCUT2D eigenvalue weighted by molar-refractivity contribution is 6.74. The number of benzene rings is 5. The van der Waals surface area contributed by atoms with Crippen molar-refractivity contribution < 1.29 is 61.7 Å². The first kappa shape index (κ1) is 63.8. The fourth-order valence-electron chi connectivity index (χ4n) is 12.5. The van der Waals surface area contributed by atoms with E-state index in [9.17, 15) is 28.8 Å². The maximum atomic E-state index is 15.1. The van der Waals surface area contributed by atoms with Crippen molar-refractivity contribution in [3.63, 3.8) is 0 Å². The predicted octanol–water partition coefficient (Wildman–Crippen LogP) is 11.4. The number of methoxy groups -OCH3 is 2. The van der Waals surface area contributed by atoms with Gasteiger partial charge in [-0.2, -0.15) is 0 Å². The first-order chi connectivity index (χ1) is 42.6. The van der Waals surface area contributed by atoms with Gasteiger partial charge in [0.05, 0.1) is 51.1 Å². The molecule has 1 radical (unpaired) electrons. The third kappa shape index (κ3) is 13.4. The van der Waals surface area contributed by atoms with Gasteiger partial charge in [0.15, 0.2) is 42.9 Å². The number of amides is 4. The summed E-state index contributed by atoms with van der Waals surface area (Å²) in [5, 5.41) is 5.49. The van der Waals surface area contributed by atoms with Crippen molar-refractivity contribution in [2.45, 2.75) is 141 Å². The smallest absolute Gasteiger partial charge is 0.407 e. The van der Waals surface area contributed by atoms with E-state index in [-0.39, 0.29) is 77.2 Å². The van der Waals surface area contributed by atoms with Crippen LogP contribution >= 0.6 is 0 Å². The van der Waals surface area contributed by atoms with Gasteiger partial charge in [0.25, 0.3) is 11.8 Å². The van der Waals surface area contributed by atoms with E-state index < -0.39 is 38.6 Å². The number of carbonyl (C=O) groups is 7. The minimum absolute atomic E-state index is 0.0397. The van der Waals surface area contributed by atoms with Gasteiger partial charge in [0.1, 0.15) is 19.0 Å². The van der Waals surface area contributed by atoms with Crippen molar-refractivity contribution in [3.8, 4) is 34.1 Å². The second-order valence-electron chi connectivity index (χ2n) is 25.7. The number of Topliss-reactive ketones (excluding diaryl/α,β-unsaturated/α-hetero) is 2. The Bertz CT molecular complexity index is 3520. The Hall–Kier alpha value is -8.23. The molecule has 5 atom stereocenters. The van der Waals surface area contributed by atoms with Gasteiger partial charge in [-0.15, -0.1) is 0 Å². The van der Waals surface area contributed by atoms with Gasteiger partial charge in [-0.3, -0.25) is 24.0 Å². The minimum atomic E-state index is -2.62. The van der Waals surface area contributed by atoms with Crippen LogP contribution in [0.1, 0.15) is 135 Å². The number of nitrogens with one attached hydrogen (secondary N) is 2. The zero-order valence-corrected chi connectivity index (χ0v) is 53.6. The molecule has 89 heavy (non-hydrogen) atoms. The standard InChI is InChI=1S/C69H81BN5O13Si/c1-41(2)63(72-68(82)87-39-53-49-21-14-12-19-47(49)48-20-13-15-22-50(48)53)58(78)31-42(3)64(79)71-46-26-24-43(25-27-46)45-32-56-67(88-89(9,10)69(4,5)6)75(70-40-76)55-37-62(60(84-8)36-52(55)66(81)74(56)38-45)86-30-17-11-16-29-85-61-34-44-33-57(77)54-23-18-28-73(54)65(80)51(44)35-59(61)83-7/h12-15,19-22,24-27,34-38,40-42,53-54,56,63,67H,11,16-18,23,28-33,39H2,1-10H3,(H,71,79)(H,72,82)/t42-,54+,56+,63+,67+/m1/s1. The third-order valence-electron chi connectivity index (χ3n) is 18.4. The molecule has 1 saturated heterocycles. The van der Waals surface area contributed by atoms with Crippen molar-refractivity contribution in [2.75, 3.05) is 50.7 Å². The average Bonchev–Trinajstić information content (AvgIpc) is 1.64. The van der Waals surface area contributed by atoms with Crippen LogP contribution in [0.25, 0.3) is 16.7 Å². The van der Waals surface area contributed by atoms with Gasteiger partial charge in [-0.25, -0.2) is 4.79 Å². The van der Waals surface area contributed by atoms with Gasteiger partial charge in [-0.1, -0.05) is 102 Å². The SMILES string of the molecule is COc1cc2c(cc1OCCCCCOc1cc3c(cc1OC)C(=O)N1C=C(c4ccc(NC(=O)[C@H](C)CC(=O)[C@@H](NC(=O)OCC5c6ccccc6-c6ccccc65)C(C)C)cc4)C[C@H]1[C@H](O[Si](C)(C)C(C)(C)C)N3[B]C=O)CC(=O)[C@@H]1CCCN1C2=O. The fraction of sp³-hybridized carbons (Fsp3) is 0.435. The number of unbranched alkanes of at least 4 members (excludes halogenated alkanes) is 2. The maximum Gasteiger partial charge on any atom is 0.407 e. The number of nitrogens with zero attached hydrogens (tertiary/aromatic N) is 3. The molecule has 1 aliphatic carbocycles. The monoisotopic (exact) mass is 1230 g/mol. The number of hydrogen-bond donors (Lipinski definition) is 2. The van der Waals surface area contributed by atoms with Crippen LogP contribution in [-0.2, 0) is 34.8 Å². The summed E-state index contributed by atoms with van der Waals surface area (Å²) < 4.78 is 37.1. The lowest BCUT2D eigenvalue weighted by Gasteiger charge is -2.45. The highest BCUT2D eigenvalue weighted by atomic mass is 28.4. The molecule has 5 aromatic rings. The largest absolute Gasteiger partial charge is 0.493 e. The van der Waals surface area contributed by atoms with Gasteiger partial charge in [0, 0.05) is 60.4 Å². The van der Waals surface area contributed by atoms with E-state index in [1.54, 1.807) is 57.9 Å². The Morgan fingerprint density at radius 2 is 1.40 bits per heavy atom. The summed E-state index contributed by atoms with van der Waals surface area (Å²) in [6.45, 7) is 17.4. The number of rotatable bonds is 24. The molecule has 4 aliphatic heterocycles. The molecule has 0 aromatic heterocycles. The molecule has 4 heterocycles. The van der Waals surface area contributed by atoms with E-state index in [0.717, 1.165) is 46.2 Å². The fourth-order valence-corrected chi connectivity index (χ4v) is 13.7. The third-order valence-corrected chi connectivity index (χ3v) is 22.9. The quantitative estimate of drug-likeness (QED) is 0.0335. The number of ketones is 2. The van der Waals surface area contributed by atoms with Gasteiger partial charge in [0.2, 0.25) is 5.91 Å². The molecule has 1 fully saturated rings. The second kappa shape index (κ2) is 26.9. The molecular formula is C69H81BN5O13Si. The summed E-state index contributed by atoms with van der Waals surface area (Å²) in [6, 6.07) is 28.5. The Morgan fingerprint density at radius 3 is 2.02 bits per heavy atom. The molecule has 2 N–H and O–H groups in total. The highest BCUT2D eigenvalue weighted by Crippen LogP contribution is 2.48. The normalized spacial score (nSPS) is 18.5. The van der Waals surface area contributed by atoms with Crippen LogP contribution in [0, 0.1) is 11.8 Å². The van der Waals surface area contributed by atoms with Crippen LogP contribution in [0.15, 0.2) is 103 Å². The minimum Gasteiger partial charge on any atom is -0.493 e. The van der Waals surface area contributed by atoms with Gasteiger partial charge >= 0.3 is 13.5 Å². The lowest BCUT2D eigenvalue weighted by Crippen LogP contribution is -2.57. The highest BCUT2D eigenvalue weighted by Gasteiger charge is 2.49. The molecule has 0 unspecified atom stereocenters. The van der Waals surface area contributed by atoms with Crippen LogP contribution in [0.3, 0.4) is 0 Å². The van der Waals surface area contributed by atoms with Crippen LogP contribution in [0.4, 0.5) is 16.2 Å². The molecule has 0 bridgehead atoms. The summed E-state index contributed by atoms with van der Waals surface area (Å²) in [6.07, 6.45) is 5.01. The van der Waals surface area contributed by atoms with Crippen molar-refractivity contribution in [3.05, 3.63) is 137 Å². The van der Waals surface area contributed by atoms with Crippen molar-refractivity contribution >= 4 is 74.2 Å². The van der Waals surface area contributed by atoms with Crippen LogP contribution in [0.2, 0.25) is 18.1 Å². The summed E-state index contributed by atoms with van der Waals surface area (Å²) in [5.41, 5.74) is 8.38. The maximum absolute atomic E-state index is 15.1. The number of ether oxygens (including phenoxy) is 5. The van der Waals surface area contributed by atoms with E-state index in [1.807, 2.05) is 68.6 Å². The van der Waals surface area contributed by atoms with Crippen molar-refractivity contribution in [2.24, 2.45) is 11.8 Å². The summed E-state index contributed by atoms with van der Waals surface area (Å²) in [5.74, 6) is -0.571. The number of alkyl carbamates (subject to hydrolysis) is 1. The van der Waals surface area contributed by atoms with Gasteiger partial charge < -0.3 is 58.1 Å². The summed E-state index contributed by atoms with van der Waals surface area (Å²) in [7, 11) is 1.83. The molecule has 18 nitrogen and oxygen atoms in total. The van der Waals surface area contributed by atoms with E-state index in [1.165, 1.54) is 21.6 Å². The molecule has 4 amide bonds. The van der Waals surface area contributed by atoms with Crippen LogP contribution in [-0.4, -0.2) is 132 Å². The number of fused-ring (bicyclic) bond motifs is 7. The predicted molar refractivity (Wildman–Crippen MR) is 344 cm³/mol. The molecule has 5 aromatic carbocycles. The molecule has 467 valence electrons. The molecular weight excluding hydrogens is 1150 g/mol. The number of anilines is 2. The van der Waals surface area contributed by atoms with Crippen molar-refractivity contribution in [1.29, 1.82) is 0 Å². The van der Waals surface area contributed by atoms with E-state index in [0.29, 0.717) is 97.1 Å². The van der Waals surface area contributed by atoms with Gasteiger partial charge in [-0.05, 0) is 132 Å². The molecule has 20 heteroatoms. The van der Waals surface area contributed by atoms with Crippen LogP contribution in [0.5, 0.6) is 23.0 Å². The zero-order valence-electron chi connectivity index (χ0n) is 52.6. The lowest BCUT2D eigenvalue weighted by atomic mass is 9.90. The van der Waals surface area contributed by atoms with Crippen LogP contribution < -0.4 is 34.4 Å². The molecule has 0 spiro atoms. The number of hydrogen-bond acceptors (Lipinski definition) is 14. The number of carbonyl (C=O) groups excluding carboxylic acids is 7. The summed E-state index contributed by atoms with van der Waals surface area (Å²) >= 11 is 0. The Labute approximate surface area is 523 Å². The second-order valence-corrected chi connectivity index (χ2v) is 30.4. The lowest BCUT2D eigenvalue weighted by molar-refractivity contribution is -0.127. The Kier molecular flexibility index (Phi) is 19.2. The molecule has 5 aliphatic rings. The van der Waals surface area contributed by atoms with E-state index in [4.69, 9.17) is 28.1 Å². The first-order valence-corrected chi connectivity index (χ1v) is 33.9. The topological polar surface area (TPSA) is 209 Å². The molecule has 10 rings (SSSR count). The van der Waals surface area contributed by atoms with Crippen molar-refractivity contribution in [1.82, 2.24) is 15.1 Å². The zero-order chi connectivity index (χ0) is 63.5. The van der Waals surface area contributed by atoms with E-state index >= 15 is 4.79 Å². The summed E-state index contributed by atoms with van der Waals surface area (Å²) in [4.78, 5) is 100. The van der Waals surface area contributed by atoms with E-state index in [2.05, 4.69) is 56.6 Å². The first-order valence-electron chi connectivity index (χ1n) is 31.0. The Morgan fingerprint density at radius 1 is 0.775 bits per heavy atom.